The first kappa shape index (κ1) is 25.0. The molecule has 33 heavy (non-hydrogen) atoms. The molecule has 0 spiro atoms. The van der Waals surface area contributed by atoms with Gasteiger partial charge in [-0.2, -0.15) is 0 Å². The second-order valence-electron chi connectivity index (χ2n) is 8.08. The average molecular weight is 476 g/mol. The minimum Gasteiger partial charge on any atom is -0.497 e. The first-order chi connectivity index (χ1) is 15.8. The van der Waals surface area contributed by atoms with Crippen LogP contribution in [0.15, 0.2) is 47.4 Å². The predicted octanol–water partition coefficient (Wildman–Crippen LogP) is 2.35. The van der Waals surface area contributed by atoms with Gasteiger partial charge in [0.1, 0.15) is 5.75 Å². The van der Waals surface area contributed by atoms with Crippen LogP contribution in [0.1, 0.15) is 17.5 Å². The number of amides is 1. The maximum absolute atomic E-state index is 13.5. The van der Waals surface area contributed by atoms with Crippen molar-refractivity contribution in [1.82, 2.24) is 10.2 Å². The van der Waals surface area contributed by atoms with E-state index in [-0.39, 0.29) is 23.8 Å². The molecule has 0 saturated carbocycles. The smallest absolute Gasteiger partial charge is 0.264 e. The Morgan fingerprint density at radius 2 is 1.79 bits per heavy atom. The fourth-order valence-corrected chi connectivity index (χ4v) is 5.16. The number of rotatable bonds is 10. The third-order valence-electron chi connectivity index (χ3n) is 5.82. The average Bonchev–Trinajstić information content (AvgIpc) is 2.82. The predicted molar refractivity (Wildman–Crippen MR) is 128 cm³/mol. The molecule has 1 saturated heterocycles. The summed E-state index contributed by atoms with van der Waals surface area (Å²) in [5, 5.41) is 2.90. The van der Waals surface area contributed by atoms with E-state index in [1.165, 1.54) is 4.31 Å². The van der Waals surface area contributed by atoms with E-state index in [1.807, 2.05) is 13.8 Å². The number of hydrogen-bond acceptors (Lipinski definition) is 6. The highest BCUT2D eigenvalue weighted by atomic mass is 32.2. The Labute approximate surface area is 196 Å². The van der Waals surface area contributed by atoms with Crippen LogP contribution in [0.2, 0.25) is 0 Å². The maximum atomic E-state index is 13.5. The summed E-state index contributed by atoms with van der Waals surface area (Å²) in [7, 11) is -2.30. The van der Waals surface area contributed by atoms with Crippen LogP contribution in [-0.4, -0.2) is 72.3 Å². The summed E-state index contributed by atoms with van der Waals surface area (Å²) in [5.74, 6) is 0.445. The molecule has 180 valence electrons. The number of methoxy groups -OCH3 is 1. The first-order valence-electron chi connectivity index (χ1n) is 11.1. The van der Waals surface area contributed by atoms with E-state index in [0.717, 1.165) is 30.8 Å². The number of anilines is 1. The Kier molecular flexibility index (Phi) is 8.71. The van der Waals surface area contributed by atoms with Crippen molar-refractivity contribution in [1.29, 1.82) is 0 Å². The zero-order chi connectivity index (χ0) is 23.8. The number of carbonyl (C=O) groups excluding carboxylic acids is 1. The zero-order valence-corrected chi connectivity index (χ0v) is 20.4. The molecule has 1 heterocycles. The number of morpholine rings is 1. The minimum absolute atomic E-state index is 0.0327. The van der Waals surface area contributed by atoms with Gasteiger partial charge in [-0.3, -0.25) is 14.0 Å². The molecular formula is C24H33N3O5S. The number of nitrogens with one attached hydrogen (secondary N) is 1. The summed E-state index contributed by atoms with van der Waals surface area (Å²) in [5.41, 5.74) is 2.39. The summed E-state index contributed by atoms with van der Waals surface area (Å²) in [4.78, 5) is 14.9. The van der Waals surface area contributed by atoms with Crippen LogP contribution in [0.4, 0.5) is 5.69 Å². The van der Waals surface area contributed by atoms with E-state index in [0.29, 0.717) is 31.2 Å². The molecule has 0 unspecified atom stereocenters. The third-order valence-corrected chi connectivity index (χ3v) is 7.65. The molecule has 0 aliphatic carbocycles. The highest BCUT2D eigenvalue weighted by Gasteiger charge is 2.26. The van der Waals surface area contributed by atoms with Gasteiger partial charge in [0.25, 0.3) is 10.0 Å². The van der Waals surface area contributed by atoms with Gasteiger partial charge < -0.3 is 14.8 Å². The molecule has 1 fully saturated rings. The van der Waals surface area contributed by atoms with E-state index in [9.17, 15) is 13.2 Å². The van der Waals surface area contributed by atoms with Crippen LogP contribution in [0, 0.1) is 13.8 Å². The van der Waals surface area contributed by atoms with Crippen molar-refractivity contribution in [3.63, 3.8) is 0 Å². The molecule has 2 aromatic carbocycles. The molecule has 2 aromatic rings. The van der Waals surface area contributed by atoms with E-state index in [1.54, 1.807) is 49.6 Å². The van der Waals surface area contributed by atoms with Gasteiger partial charge in [-0.05, 0) is 61.4 Å². The van der Waals surface area contributed by atoms with Crippen molar-refractivity contribution in [3.8, 4) is 5.75 Å². The summed E-state index contributed by atoms with van der Waals surface area (Å²) < 4.78 is 38.9. The minimum atomic E-state index is -3.86. The van der Waals surface area contributed by atoms with Gasteiger partial charge in [-0.25, -0.2) is 8.42 Å². The van der Waals surface area contributed by atoms with Gasteiger partial charge >= 0.3 is 0 Å². The summed E-state index contributed by atoms with van der Waals surface area (Å²) in [6, 6.07) is 11.9. The van der Waals surface area contributed by atoms with Crippen LogP contribution in [0.25, 0.3) is 0 Å². The van der Waals surface area contributed by atoms with Crippen LogP contribution >= 0.6 is 0 Å². The number of ether oxygens (including phenoxy) is 2. The van der Waals surface area contributed by atoms with Crippen molar-refractivity contribution in [3.05, 3.63) is 53.6 Å². The van der Waals surface area contributed by atoms with Crippen molar-refractivity contribution in [2.75, 3.05) is 57.4 Å². The Bertz CT molecular complexity index is 1030. The summed E-state index contributed by atoms with van der Waals surface area (Å²) >= 11 is 0. The largest absolute Gasteiger partial charge is 0.497 e. The highest BCUT2D eigenvalue weighted by Crippen LogP contribution is 2.27. The Hall–Kier alpha value is -2.62. The SMILES string of the molecule is COc1ccc(N(CCC(=O)NCCN2CCOCC2)S(=O)(=O)c2ccc(C)c(C)c2)cc1. The van der Waals surface area contributed by atoms with Crippen molar-refractivity contribution in [2.24, 2.45) is 0 Å². The van der Waals surface area contributed by atoms with Crippen LogP contribution in [-0.2, 0) is 19.6 Å². The lowest BCUT2D eigenvalue weighted by molar-refractivity contribution is -0.120. The van der Waals surface area contributed by atoms with E-state index in [4.69, 9.17) is 9.47 Å². The first-order valence-corrected chi connectivity index (χ1v) is 12.6. The topological polar surface area (TPSA) is 88.2 Å². The molecule has 1 N–H and O–H groups in total. The molecule has 1 aliphatic rings. The molecule has 3 rings (SSSR count). The number of nitrogens with zero attached hydrogens (tertiary/aromatic N) is 2. The fraction of sp³-hybridized carbons (Fsp3) is 0.458. The molecule has 1 aliphatic heterocycles. The normalized spacial score (nSPS) is 14.6. The van der Waals surface area contributed by atoms with Crippen molar-refractivity contribution >= 4 is 21.6 Å². The Morgan fingerprint density at radius 1 is 1.09 bits per heavy atom. The lowest BCUT2D eigenvalue weighted by atomic mass is 10.1. The molecule has 0 aromatic heterocycles. The molecular weight excluding hydrogens is 442 g/mol. The molecule has 1 amide bonds. The number of sulfonamides is 1. The zero-order valence-electron chi connectivity index (χ0n) is 19.5. The Morgan fingerprint density at radius 3 is 2.42 bits per heavy atom. The van der Waals surface area contributed by atoms with Gasteiger partial charge in [0.05, 0.1) is 30.9 Å². The number of benzene rings is 2. The molecule has 0 bridgehead atoms. The van der Waals surface area contributed by atoms with E-state index < -0.39 is 10.0 Å². The molecule has 8 nitrogen and oxygen atoms in total. The monoisotopic (exact) mass is 475 g/mol. The number of carbonyl (C=O) groups is 1. The maximum Gasteiger partial charge on any atom is 0.264 e. The lowest BCUT2D eigenvalue weighted by Crippen LogP contribution is -2.42. The number of aryl methyl sites for hydroxylation is 2. The van der Waals surface area contributed by atoms with Gasteiger partial charge in [0.15, 0.2) is 0 Å². The van der Waals surface area contributed by atoms with Crippen molar-refractivity contribution < 1.29 is 22.7 Å². The summed E-state index contributed by atoms with van der Waals surface area (Å²) in [6.07, 6.45) is 0.0548. The highest BCUT2D eigenvalue weighted by molar-refractivity contribution is 7.92. The molecule has 0 radical (unpaired) electrons. The molecule has 0 atom stereocenters. The number of hydrogen-bond donors (Lipinski definition) is 1. The quantitative estimate of drug-likeness (QED) is 0.568. The fourth-order valence-electron chi connectivity index (χ4n) is 3.61. The summed E-state index contributed by atoms with van der Waals surface area (Å²) in [6.45, 7) is 8.25. The van der Waals surface area contributed by atoms with Gasteiger partial charge in [0, 0.05) is 39.1 Å². The Balaban J connectivity index is 1.71. The van der Waals surface area contributed by atoms with Crippen LogP contribution in [0.5, 0.6) is 5.75 Å². The molecule has 9 heteroatoms. The standard InChI is InChI=1S/C24H33N3O5S/c1-19-4-9-23(18-20(19)2)33(29,30)27(21-5-7-22(31-3)8-6-21)12-10-24(28)25-11-13-26-14-16-32-17-15-26/h4-9,18H,10-17H2,1-3H3,(H,25,28). The van der Waals surface area contributed by atoms with Crippen LogP contribution in [0.3, 0.4) is 0 Å². The van der Waals surface area contributed by atoms with Crippen LogP contribution < -0.4 is 14.4 Å². The lowest BCUT2D eigenvalue weighted by Gasteiger charge is -2.27. The van der Waals surface area contributed by atoms with E-state index in [2.05, 4.69) is 10.2 Å². The second-order valence-corrected chi connectivity index (χ2v) is 9.94. The van der Waals surface area contributed by atoms with Gasteiger partial charge in [-0.15, -0.1) is 0 Å². The van der Waals surface area contributed by atoms with Gasteiger partial charge in [-0.1, -0.05) is 6.07 Å². The second kappa shape index (κ2) is 11.5. The van der Waals surface area contributed by atoms with E-state index >= 15 is 0 Å². The van der Waals surface area contributed by atoms with Gasteiger partial charge in [0.2, 0.25) is 5.91 Å². The van der Waals surface area contributed by atoms with Crippen molar-refractivity contribution in [2.45, 2.75) is 25.2 Å². The third kappa shape index (κ3) is 6.69.